The molecule has 2 N–H and O–H groups in total. The third-order valence-electron chi connectivity index (χ3n) is 12.0. The van der Waals surface area contributed by atoms with Gasteiger partial charge in [-0.2, -0.15) is 0 Å². The molecule has 1 aromatic carbocycles. The normalized spacial score (nSPS) is 29.8. The molecular formula is C45H80O10Si. The third-order valence-corrected chi connectivity index (χ3v) is 16.5. The van der Waals surface area contributed by atoms with Gasteiger partial charge in [0.05, 0.1) is 62.0 Å². The molecule has 0 amide bonds. The van der Waals surface area contributed by atoms with Crippen molar-refractivity contribution < 1.29 is 47.8 Å². The molecule has 0 unspecified atom stereocenters. The Kier molecular flexibility index (Phi) is 17.5. The summed E-state index contributed by atoms with van der Waals surface area (Å²) < 4.78 is 51.6. The van der Waals surface area contributed by atoms with Crippen LogP contribution in [0.25, 0.3) is 0 Å². The van der Waals surface area contributed by atoms with E-state index in [1.54, 1.807) is 0 Å². The number of aliphatic hydroxyl groups is 2. The molecule has 3 aliphatic rings. The maximum atomic E-state index is 11.3. The second kappa shape index (κ2) is 20.5. The summed E-state index contributed by atoms with van der Waals surface area (Å²) in [6.45, 7) is 27.2. The van der Waals surface area contributed by atoms with E-state index in [0.29, 0.717) is 51.9 Å². The molecule has 9 atom stereocenters. The van der Waals surface area contributed by atoms with Crippen LogP contribution < -0.4 is 0 Å². The number of benzene rings is 1. The smallest absolute Gasteiger partial charge is 0.192 e. The van der Waals surface area contributed by atoms with Crippen LogP contribution in [-0.2, 0) is 44.2 Å². The van der Waals surface area contributed by atoms with Gasteiger partial charge in [0.2, 0.25) is 0 Å². The molecule has 0 radical (unpaired) electrons. The molecular weight excluding hydrogens is 729 g/mol. The Bertz CT molecular complexity index is 1280. The average molecular weight is 809 g/mol. The number of rotatable bonds is 20. The molecule has 3 fully saturated rings. The number of unbranched alkanes of at least 4 members (excludes halogenated alkanes) is 2. The lowest BCUT2D eigenvalue weighted by Gasteiger charge is -2.49. The Labute approximate surface area is 341 Å². The molecule has 56 heavy (non-hydrogen) atoms. The molecule has 0 aromatic heterocycles. The van der Waals surface area contributed by atoms with Gasteiger partial charge in [0.1, 0.15) is 0 Å². The zero-order chi connectivity index (χ0) is 41.4. The Morgan fingerprint density at radius 2 is 1.30 bits per heavy atom. The Morgan fingerprint density at radius 1 is 0.750 bits per heavy atom. The van der Waals surface area contributed by atoms with Crippen LogP contribution in [-0.4, -0.2) is 97.9 Å². The average Bonchev–Trinajstić information content (AvgIpc) is 3.04. The van der Waals surface area contributed by atoms with E-state index in [1.165, 1.54) is 6.42 Å². The first kappa shape index (κ1) is 47.7. The van der Waals surface area contributed by atoms with Crippen molar-refractivity contribution in [2.75, 3.05) is 13.2 Å². The van der Waals surface area contributed by atoms with Gasteiger partial charge in [-0.25, -0.2) is 0 Å². The quantitative estimate of drug-likeness (QED) is 0.0976. The summed E-state index contributed by atoms with van der Waals surface area (Å²) in [6.07, 6.45) is 6.00. The van der Waals surface area contributed by atoms with Crippen LogP contribution in [0, 0.1) is 5.92 Å². The standard InChI is InChI=1S/C45H80O10Si/c1-13-14-16-21-40-39(31-49-43(5,6)54-40)41(55-56(11,12)42(2,3)4)29-38-28-37(52-45(9,10)53-38)26-34(47)24-33(46)25-36-27-35(50-44(7,8)51-36)22-23-48-30-32-19-17-15-18-20-32/h15,17-20,33-41,46-47H,13-14,16,21-31H2,1-12H3/t33-,34+,35-,36-,37+,38+,39-,40-,41+/m1/s1. The Morgan fingerprint density at radius 3 is 1.88 bits per heavy atom. The van der Waals surface area contributed by atoms with Gasteiger partial charge in [-0.15, -0.1) is 0 Å². The highest BCUT2D eigenvalue weighted by Gasteiger charge is 2.48. The van der Waals surface area contributed by atoms with Crippen LogP contribution >= 0.6 is 0 Å². The zero-order valence-corrected chi connectivity index (χ0v) is 38.1. The monoisotopic (exact) mass is 809 g/mol. The van der Waals surface area contributed by atoms with E-state index in [2.05, 4.69) is 52.9 Å². The minimum Gasteiger partial charge on any atom is -0.413 e. The summed E-state index contributed by atoms with van der Waals surface area (Å²) in [5, 5.41) is 22.6. The predicted molar refractivity (Wildman–Crippen MR) is 223 cm³/mol. The predicted octanol–water partition coefficient (Wildman–Crippen LogP) is 9.43. The van der Waals surface area contributed by atoms with Gasteiger partial charge in [-0.3, -0.25) is 0 Å². The van der Waals surface area contributed by atoms with E-state index >= 15 is 0 Å². The molecule has 3 saturated heterocycles. The topological polar surface area (TPSA) is 114 Å². The first-order chi connectivity index (χ1) is 26.1. The van der Waals surface area contributed by atoms with Crippen molar-refractivity contribution in [1.82, 2.24) is 0 Å². The van der Waals surface area contributed by atoms with Crippen molar-refractivity contribution >= 4 is 8.32 Å². The third kappa shape index (κ3) is 15.6. The van der Waals surface area contributed by atoms with Crippen molar-refractivity contribution in [1.29, 1.82) is 0 Å². The summed E-state index contributed by atoms with van der Waals surface area (Å²) in [7, 11) is -2.18. The maximum absolute atomic E-state index is 11.3. The van der Waals surface area contributed by atoms with E-state index in [1.807, 2.05) is 59.7 Å². The number of hydrogen-bond donors (Lipinski definition) is 2. The summed E-state index contributed by atoms with van der Waals surface area (Å²) in [5.74, 6) is -2.17. The van der Waals surface area contributed by atoms with Gasteiger partial charge in [0.15, 0.2) is 25.7 Å². The van der Waals surface area contributed by atoms with Gasteiger partial charge in [-0.05, 0) is 104 Å². The van der Waals surface area contributed by atoms with Crippen LogP contribution in [0.15, 0.2) is 30.3 Å². The van der Waals surface area contributed by atoms with Crippen molar-refractivity contribution in [3.63, 3.8) is 0 Å². The fourth-order valence-corrected chi connectivity index (χ4v) is 9.75. The Balaban J connectivity index is 1.35. The highest BCUT2D eigenvalue weighted by atomic mass is 28.4. The van der Waals surface area contributed by atoms with Crippen molar-refractivity contribution in [3.8, 4) is 0 Å². The Hall–Kier alpha value is -0.963. The summed E-state index contributed by atoms with van der Waals surface area (Å²) in [6, 6.07) is 10.1. The SMILES string of the molecule is CCCCC[C@H]1OC(C)(C)OC[C@H]1[C@H](C[C@@H]1C[C@H](C[C@@H](O)C[C@@H](O)C[C@@H]2C[C@@H](CCOCc3ccccc3)OC(C)(C)O2)OC(C)(C)O1)O[Si](C)(C)C(C)(C)C. The summed E-state index contributed by atoms with van der Waals surface area (Å²) >= 11 is 0. The largest absolute Gasteiger partial charge is 0.413 e. The van der Waals surface area contributed by atoms with Gasteiger partial charge in [-0.1, -0.05) is 77.3 Å². The van der Waals surface area contributed by atoms with E-state index in [9.17, 15) is 10.2 Å². The zero-order valence-electron chi connectivity index (χ0n) is 37.1. The van der Waals surface area contributed by atoms with Crippen LogP contribution in [0.3, 0.4) is 0 Å². The molecule has 10 nitrogen and oxygen atoms in total. The second-order valence-electron chi connectivity index (χ2n) is 19.8. The lowest BCUT2D eigenvalue weighted by atomic mass is 9.86. The van der Waals surface area contributed by atoms with E-state index in [-0.39, 0.29) is 54.0 Å². The van der Waals surface area contributed by atoms with Crippen LogP contribution in [0.2, 0.25) is 18.1 Å². The van der Waals surface area contributed by atoms with Crippen LogP contribution in [0.4, 0.5) is 0 Å². The van der Waals surface area contributed by atoms with Gasteiger partial charge in [0.25, 0.3) is 0 Å². The lowest BCUT2D eigenvalue weighted by Crippen LogP contribution is -2.55. The molecule has 3 heterocycles. The summed E-state index contributed by atoms with van der Waals surface area (Å²) in [4.78, 5) is 0. The van der Waals surface area contributed by atoms with E-state index in [4.69, 9.17) is 37.6 Å². The molecule has 4 rings (SSSR count). The fraction of sp³-hybridized carbons (Fsp3) is 0.867. The van der Waals surface area contributed by atoms with E-state index in [0.717, 1.165) is 31.2 Å². The first-order valence-corrected chi connectivity index (χ1v) is 24.6. The van der Waals surface area contributed by atoms with Gasteiger partial charge in [0, 0.05) is 25.4 Å². The minimum absolute atomic E-state index is 0.0283. The lowest BCUT2D eigenvalue weighted by molar-refractivity contribution is -0.316. The van der Waals surface area contributed by atoms with Crippen molar-refractivity contribution in [2.45, 2.75) is 231 Å². The van der Waals surface area contributed by atoms with Crippen molar-refractivity contribution in [2.24, 2.45) is 5.92 Å². The first-order valence-electron chi connectivity index (χ1n) is 21.7. The summed E-state index contributed by atoms with van der Waals surface area (Å²) in [5.41, 5.74) is 1.14. The van der Waals surface area contributed by atoms with Crippen LogP contribution in [0.5, 0.6) is 0 Å². The van der Waals surface area contributed by atoms with Gasteiger partial charge >= 0.3 is 0 Å². The highest BCUT2D eigenvalue weighted by Crippen LogP contribution is 2.43. The molecule has 3 aliphatic heterocycles. The molecule has 0 aliphatic carbocycles. The van der Waals surface area contributed by atoms with Crippen molar-refractivity contribution in [3.05, 3.63) is 35.9 Å². The number of ether oxygens (including phenoxy) is 7. The van der Waals surface area contributed by atoms with Crippen LogP contribution in [0.1, 0.15) is 145 Å². The van der Waals surface area contributed by atoms with E-state index < -0.39 is 37.9 Å². The number of aliphatic hydroxyl groups excluding tert-OH is 2. The molecule has 11 heteroatoms. The second-order valence-corrected chi connectivity index (χ2v) is 24.5. The molecule has 0 saturated carbocycles. The fourth-order valence-electron chi connectivity index (χ4n) is 8.37. The maximum Gasteiger partial charge on any atom is 0.192 e. The number of hydrogen-bond acceptors (Lipinski definition) is 10. The van der Waals surface area contributed by atoms with Gasteiger partial charge < -0.3 is 47.8 Å². The highest BCUT2D eigenvalue weighted by molar-refractivity contribution is 6.74. The molecule has 1 aromatic rings. The minimum atomic E-state index is -2.18. The molecule has 324 valence electrons. The molecule has 0 bridgehead atoms. The molecule has 0 spiro atoms.